The summed E-state index contributed by atoms with van der Waals surface area (Å²) >= 11 is 1.44. The van der Waals surface area contributed by atoms with E-state index in [1.54, 1.807) is 0 Å². The largest absolute Gasteiger partial charge is 0.381 e. The first-order valence-electron chi connectivity index (χ1n) is 7.09. The van der Waals surface area contributed by atoms with Gasteiger partial charge in [0.25, 0.3) is 0 Å². The van der Waals surface area contributed by atoms with E-state index in [-0.39, 0.29) is 0 Å². The van der Waals surface area contributed by atoms with Crippen LogP contribution in [0.1, 0.15) is 19.8 Å². The second-order valence-electron chi connectivity index (χ2n) is 5.07. The molecule has 1 aromatic carbocycles. The summed E-state index contributed by atoms with van der Waals surface area (Å²) in [6, 6.07) is 4.07. The first-order valence-corrected chi connectivity index (χ1v) is 8.08. The molecule has 1 saturated heterocycles. The van der Waals surface area contributed by atoms with Gasteiger partial charge in [-0.1, -0.05) is 6.92 Å². The minimum absolute atomic E-state index is 0.312. The molecule has 1 heterocycles. The molecule has 2 rings (SSSR count). The molecule has 0 amide bonds. The fourth-order valence-electron chi connectivity index (χ4n) is 2.33. The quantitative estimate of drug-likeness (QED) is 0.779. The standard InChI is InChI=1S/C15H21F2NOS/c1-2-6-18-14(11-5-7-19-9-11)10-20-15-4-3-12(16)8-13(15)17/h3-4,8,11,14,18H,2,5-7,9-10H2,1H3. The molecule has 112 valence electrons. The van der Waals surface area contributed by atoms with Crippen LogP contribution < -0.4 is 5.32 Å². The zero-order chi connectivity index (χ0) is 14.4. The minimum Gasteiger partial charge on any atom is -0.381 e. The maximum Gasteiger partial charge on any atom is 0.139 e. The average molecular weight is 301 g/mol. The van der Waals surface area contributed by atoms with E-state index in [0.717, 1.165) is 44.4 Å². The number of halogens is 2. The fraction of sp³-hybridized carbons (Fsp3) is 0.600. The van der Waals surface area contributed by atoms with Crippen molar-refractivity contribution in [2.24, 2.45) is 5.92 Å². The number of hydrogen-bond acceptors (Lipinski definition) is 3. The molecule has 2 unspecified atom stereocenters. The van der Waals surface area contributed by atoms with Gasteiger partial charge in [-0.15, -0.1) is 11.8 Å². The van der Waals surface area contributed by atoms with Crippen LogP contribution in [-0.2, 0) is 4.74 Å². The van der Waals surface area contributed by atoms with Crippen molar-refractivity contribution in [3.05, 3.63) is 29.8 Å². The third-order valence-corrected chi connectivity index (χ3v) is 4.67. The molecule has 0 saturated carbocycles. The summed E-state index contributed by atoms with van der Waals surface area (Å²) in [5, 5.41) is 3.52. The molecular formula is C15H21F2NOS. The van der Waals surface area contributed by atoms with Crippen LogP contribution in [0.25, 0.3) is 0 Å². The minimum atomic E-state index is -0.531. The Balaban J connectivity index is 1.93. The van der Waals surface area contributed by atoms with Crippen molar-refractivity contribution in [1.82, 2.24) is 5.32 Å². The maximum atomic E-state index is 13.6. The first kappa shape index (κ1) is 15.7. The Morgan fingerprint density at radius 2 is 2.30 bits per heavy atom. The highest BCUT2D eigenvalue weighted by Gasteiger charge is 2.25. The highest BCUT2D eigenvalue weighted by molar-refractivity contribution is 7.99. The highest BCUT2D eigenvalue weighted by Crippen LogP contribution is 2.26. The SMILES string of the molecule is CCCNC(CSc1ccc(F)cc1F)C1CCOC1. The molecular weight excluding hydrogens is 280 g/mol. The van der Waals surface area contributed by atoms with Crippen molar-refractivity contribution in [2.45, 2.75) is 30.7 Å². The lowest BCUT2D eigenvalue weighted by molar-refractivity contribution is 0.179. The summed E-state index contributed by atoms with van der Waals surface area (Å²) < 4.78 is 31.9. The van der Waals surface area contributed by atoms with Gasteiger partial charge in [-0.3, -0.25) is 0 Å². The van der Waals surface area contributed by atoms with Crippen LogP contribution in [-0.4, -0.2) is 31.6 Å². The Morgan fingerprint density at radius 3 is 2.95 bits per heavy atom. The highest BCUT2D eigenvalue weighted by atomic mass is 32.2. The van der Waals surface area contributed by atoms with E-state index in [9.17, 15) is 8.78 Å². The molecule has 0 radical (unpaired) electrons. The molecule has 20 heavy (non-hydrogen) atoms. The van der Waals surface area contributed by atoms with E-state index in [2.05, 4.69) is 12.2 Å². The number of rotatable bonds is 7. The van der Waals surface area contributed by atoms with E-state index < -0.39 is 11.6 Å². The Morgan fingerprint density at radius 1 is 1.45 bits per heavy atom. The fourth-order valence-corrected chi connectivity index (χ4v) is 3.44. The van der Waals surface area contributed by atoms with Crippen LogP contribution in [0.4, 0.5) is 8.78 Å². The van der Waals surface area contributed by atoms with Crippen molar-refractivity contribution in [2.75, 3.05) is 25.5 Å². The third-order valence-electron chi connectivity index (χ3n) is 3.50. The molecule has 1 aliphatic rings. The van der Waals surface area contributed by atoms with Crippen molar-refractivity contribution in [3.8, 4) is 0 Å². The van der Waals surface area contributed by atoms with Crippen LogP contribution in [0.15, 0.2) is 23.1 Å². The Kier molecular flexibility index (Phi) is 6.26. The van der Waals surface area contributed by atoms with Crippen molar-refractivity contribution < 1.29 is 13.5 Å². The van der Waals surface area contributed by atoms with E-state index >= 15 is 0 Å². The molecule has 2 atom stereocenters. The van der Waals surface area contributed by atoms with Crippen molar-refractivity contribution >= 4 is 11.8 Å². The van der Waals surface area contributed by atoms with Gasteiger partial charge >= 0.3 is 0 Å². The number of nitrogens with one attached hydrogen (secondary N) is 1. The Bertz CT molecular complexity index is 424. The normalized spacial score (nSPS) is 20.2. The van der Waals surface area contributed by atoms with E-state index in [1.807, 2.05) is 0 Å². The molecule has 1 aromatic rings. The van der Waals surface area contributed by atoms with Gasteiger partial charge in [-0.05, 0) is 31.5 Å². The summed E-state index contributed by atoms with van der Waals surface area (Å²) in [6.45, 7) is 4.66. The van der Waals surface area contributed by atoms with Gasteiger partial charge in [0.15, 0.2) is 0 Å². The van der Waals surface area contributed by atoms with E-state index in [4.69, 9.17) is 4.74 Å². The molecule has 0 bridgehead atoms. The van der Waals surface area contributed by atoms with E-state index in [1.165, 1.54) is 23.9 Å². The van der Waals surface area contributed by atoms with Crippen molar-refractivity contribution in [3.63, 3.8) is 0 Å². The lowest BCUT2D eigenvalue weighted by Gasteiger charge is -2.23. The van der Waals surface area contributed by atoms with Gasteiger partial charge in [0.2, 0.25) is 0 Å². The average Bonchev–Trinajstić information content (AvgIpc) is 2.95. The summed E-state index contributed by atoms with van der Waals surface area (Å²) in [6.07, 6.45) is 2.12. The summed E-state index contributed by atoms with van der Waals surface area (Å²) in [5.74, 6) is 0.248. The van der Waals surface area contributed by atoms with Crippen LogP contribution in [0.2, 0.25) is 0 Å². The molecule has 2 nitrogen and oxygen atoms in total. The molecule has 1 N–H and O–H groups in total. The van der Waals surface area contributed by atoms with Gasteiger partial charge in [0, 0.05) is 35.3 Å². The number of hydrogen-bond donors (Lipinski definition) is 1. The second-order valence-corrected chi connectivity index (χ2v) is 6.13. The third kappa shape index (κ3) is 4.43. The van der Waals surface area contributed by atoms with Crippen LogP contribution in [0.5, 0.6) is 0 Å². The molecule has 0 aliphatic carbocycles. The van der Waals surface area contributed by atoms with Crippen LogP contribution in [0, 0.1) is 17.6 Å². The van der Waals surface area contributed by atoms with Gasteiger partial charge in [0.1, 0.15) is 11.6 Å². The van der Waals surface area contributed by atoms with E-state index in [0.29, 0.717) is 16.9 Å². The monoisotopic (exact) mass is 301 g/mol. The Hall–Kier alpha value is -0.650. The van der Waals surface area contributed by atoms with Gasteiger partial charge in [-0.2, -0.15) is 0 Å². The zero-order valence-electron chi connectivity index (χ0n) is 11.7. The zero-order valence-corrected chi connectivity index (χ0v) is 12.5. The summed E-state index contributed by atoms with van der Waals surface area (Å²) in [4.78, 5) is 0.508. The van der Waals surface area contributed by atoms with Gasteiger partial charge < -0.3 is 10.1 Å². The number of benzene rings is 1. The first-order chi connectivity index (χ1) is 9.70. The molecule has 1 aliphatic heterocycles. The van der Waals surface area contributed by atoms with Crippen molar-refractivity contribution in [1.29, 1.82) is 0 Å². The number of thioether (sulfide) groups is 1. The summed E-state index contributed by atoms with van der Waals surface area (Å²) in [5.41, 5.74) is 0. The number of ether oxygens (including phenoxy) is 1. The van der Waals surface area contributed by atoms with Crippen LogP contribution >= 0.6 is 11.8 Å². The molecule has 0 spiro atoms. The summed E-state index contributed by atoms with van der Waals surface area (Å²) in [7, 11) is 0. The topological polar surface area (TPSA) is 21.3 Å². The maximum absolute atomic E-state index is 13.6. The predicted molar refractivity (Wildman–Crippen MR) is 78.1 cm³/mol. The lowest BCUT2D eigenvalue weighted by Crippen LogP contribution is -2.39. The smallest absolute Gasteiger partial charge is 0.139 e. The van der Waals surface area contributed by atoms with Crippen LogP contribution in [0.3, 0.4) is 0 Å². The Labute approximate surface area is 123 Å². The van der Waals surface area contributed by atoms with Gasteiger partial charge in [0.05, 0.1) is 6.61 Å². The second kappa shape index (κ2) is 7.96. The molecule has 5 heteroatoms. The molecule has 1 fully saturated rings. The molecule has 0 aromatic heterocycles. The lowest BCUT2D eigenvalue weighted by atomic mass is 10.0. The van der Waals surface area contributed by atoms with Gasteiger partial charge in [-0.25, -0.2) is 8.78 Å². The predicted octanol–water partition coefficient (Wildman–Crippen LogP) is 3.46.